The van der Waals surface area contributed by atoms with E-state index in [1.807, 2.05) is 0 Å². The van der Waals surface area contributed by atoms with Gasteiger partial charge in [0.15, 0.2) is 7.57 Å². The van der Waals surface area contributed by atoms with Gasteiger partial charge in [0.2, 0.25) is 0 Å². The summed E-state index contributed by atoms with van der Waals surface area (Å²) in [5, 5.41) is 0. The average Bonchev–Trinajstić information content (AvgIpc) is 2.01. The molecule has 0 spiro atoms. The van der Waals surface area contributed by atoms with Crippen molar-refractivity contribution in [3.05, 3.63) is 0 Å². The molecule has 0 aliphatic rings. The van der Waals surface area contributed by atoms with E-state index >= 15 is 0 Å². The molecule has 0 aromatic heterocycles. The van der Waals surface area contributed by atoms with E-state index in [0.29, 0.717) is 0 Å². The quantitative estimate of drug-likeness (QED) is 0.312. The zero-order chi connectivity index (χ0) is 10.2. The topological polar surface area (TPSA) is 49.4 Å². The van der Waals surface area contributed by atoms with Gasteiger partial charge < -0.3 is 14.0 Å². The standard InChI is InChI=1S/C8H18BO3P.K/c1-2-3-4-5-6-7-8-12-13(9,10)11;/h2-8H2,1H3,(H,10,11);/q;+1/p-1. The van der Waals surface area contributed by atoms with Crippen molar-refractivity contribution in [2.24, 2.45) is 0 Å². The molecule has 0 saturated heterocycles. The summed E-state index contributed by atoms with van der Waals surface area (Å²) in [6.45, 7) is 2.38. The zero-order valence-corrected chi connectivity index (χ0v) is 13.2. The first kappa shape index (κ1) is 18.2. The Morgan fingerprint density at radius 3 is 2.21 bits per heavy atom. The molecule has 0 aromatic rings. The Morgan fingerprint density at radius 1 is 1.21 bits per heavy atom. The molecule has 0 fully saturated rings. The Labute approximate surface area is 131 Å². The molecule has 3 nitrogen and oxygen atoms in total. The molecule has 0 N–H and O–H groups in total. The molecule has 6 heteroatoms. The van der Waals surface area contributed by atoms with Gasteiger partial charge in [0.05, 0.1) is 14.1 Å². The molecule has 1 atom stereocenters. The molecule has 14 heavy (non-hydrogen) atoms. The van der Waals surface area contributed by atoms with E-state index < -0.39 is 7.47 Å². The number of unbranched alkanes of at least 4 members (excludes halogenated alkanes) is 5. The van der Waals surface area contributed by atoms with Crippen molar-refractivity contribution in [1.29, 1.82) is 0 Å². The second-order valence-electron chi connectivity index (χ2n) is 3.14. The second kappa shape index (κ2) is 11.3. The van der Waals surface area contributed by atoms with Gasteiger partial charge in [0, 0.05) is 0 Å². The van der Waals surface area contributed by atoms with Gasteiger partial charge in [-0.2, -0.15) is 0 Å². The Balaban J connectivity index is 0. The number of hydrogen-bond acceptors (Lipinski definition) is 3. The van der Waals surface area contributed by atoms with Gasteiger partial charge >= 0.3 is 51.4 Å². The van der Waals surface area contributed by atoms with Gasteiger partial charge in [-0.25, -0.2) is 0 Å². The van der Waals surface area contributed by atoms with E-state index in [4.69, 9.17) is 0 Å². The smallest absolute Gasteiger partial charge is 0.787 e. The summed E-state index contributed by atoms with van der Waals surface area (Å²) in [4.78, 5) is 10.3. The summed E-state index contributed by atoms with van der Waals surface area (Å²) in [5.74, 6) is 0. The fourth-order valence-electron chi connectivity index (χ4n) is 1.07. The minimum Gasteiger partial charge on any atom is -0.787 e. The predicted octanol–water partition coefficient (Wildman–Crippen LogP) is -0.996. The van der Waals surface area contributed by atoms with Crippen LogP contribution in [0.2, 0.25) is 0 Å². The minimum atomic E-state index is -3.98. The van der Waals surface area contributed by atoms with Crippen molar-refractivity contribution < 1.29 is 65.4 Å². The van der Waals surface area contributed by atoms with Crippen LogP contribution in [0.4, 0.5) is 0 Å². The predicted molar refractivity (Wildman–Crippen MR) is 52.7 cm³/mol. The van der Waals surface area contributed by atoms with Gasteiger partial charge in [-0.1, -0.05) is 39.0 Å². The fourth-order valence-corrected chi connectivity index (χ4v) is 1.46. The van der Waals surface area contributed by atoms with Crippen molar-refractivity contribution in [3.63, 3.8) is 0 Å². The van der Waals surface area contributed by atoms with Gasteiger partial charge in [0.1, 0.15) is 0 Å². The van der Waals surface area contributed by atoms with Crippen molar-refractivity contribution >= 4 is 15.0 Å². The molecule has 0 saturated carbocycles. The zero-order valence-electron chi connectivity index (χ0n) is 9.20. The normalized spacial score (nSPS) is 14.4. The number of rotatable bonds is 8. The third-order valence-corrected chi connectivity index (χ3v) is 2.31. The molecule has 0 bridgehead atoms. The van der Waals surface area contributed by atoms with E-state index in [-0.39, 0.29) is 58.0 Å². The van der Waals surface area contributed by atoms with Gasteiger partial charge in [-0.3, -0.25) is 0 Å². The number of hydrogen-bond donors (Lipinski definition) is 0. The fraction of sp³-hybridized carbons (Fsp3) is 1.00. The van der Waals surface area contributed by atoms with Crippen LogP contribution in [0.15, 0.2) is 0 Å². The molecule has 2 radical (unpaired) electrons. The van der Waals surface area contributed by atoms with Crippen LogP contribution >= 0.6 is 7.47 Å². The summed E-state index contributed by atoms with van der Waals surface area (Å²) in [6, 6.07) is 0. The first-order valence-electron chi connectivity index (χ1n) is 4.80. The van der Waals surface area contributed by atoms with Crippen LogP contribution in [0.1, 0.15) is 45.4 Å². The Bertz CT molecular complexity index is 163. The van der Waals surface area contributed by atoms with Crippen LogP contribution in [0, 0.1) is 0 Å². The van der Waals surface area contributed by atoms with Crippen molar-refractivity contribution in [1.82, 2.24) is 0 Å². The van der Waals surface area contributed by atoms with Crippen molar-refractivity contribution in [3.8, 4) is 0 Å². The van der Waals surface area contributed by atoms with Crippen LogP contribution in [0.25, 0.3) is 0 Å². The van der Waals surface area contributed by atoms with Crippen LogP contribution in [-0.4, -0.2) is 14.2 Å². The molecule has 0 aromatic carbocycles. The first-order valence-corrected chi connectivity index (χ1v) is 6.41. The summed E-state index contributed by atoms with van der Waals surface area (Å²) in [6.07, 6.45) is 6.61. The Kier molecular flexibility index (Phi) is 14.8. The second-order valence-corrected chi connectivity index (χ2v) is 4.48. The van der Waals surface area contributed by atoms with Gasteiger partial charge in [-0.15, -0.1) is 0 Å². The SMILES string of the molecule is [B]P(=O)([O-])OCCCCCCCC.[K+]. The molecular weight excluding hydrogens is 225 g/mol. The minimum absolute atomic E-state index is 0. The van der Waals surface area contributed by atoms with Crippen LogP contribution < -0.4 is 56.3 Å². The molecule has 0 amide bonds. The molecule has 0 aliphatic carbocycles. The monoisotopic (exact) mass is 242 g/mol. The molecular formula is C8H17BKO3P. The van der Waals surface area contributed by atoms with E-state index in [0.717, 1.165) is 19.3 Å². The van der Waals surface area contributed by atoms with Crippen LogP contribution in [-0.2, 0) is 9.09 Å². The summed E-state index contributed by atoms with van der Waals surface area (Å²) < 4.78 is 14.8. The summed E-state index contributed by atoms with van der Waals surface area (Å²) >= 11 is 0. The largest absolute Gasteiger partial charge is 1.00 e. The third kappa shape index (κ3) is 16.3. The molecule has 0 rings (SSSR count). The van der Waals surface area contributed by atoms with Gasteiger partial charge in [-0.05, 0) is 6.42 Å². The summed E-state index contributed by atoms with van der Waals surface area (Å²) in [7, 11) is 0.699. The van der Waals surface area contributed by atoms with Crippen molar-refractivity contribution in [2.75, 3.05) is 6.61 Å². The first-order chi connectivity index (χ1) is 6.06. The summed E-state index contributed by atoms with van der Waals surface area (Å²) in [5.41, 5.74) is 0. The van der Waals surface area contributed by atoms with Crippen molar-refractivity contribution in [2.45, 2.75) is 45.4 Å². The maximum atomic E-state index is 10.3. The molecule has 76 valence electrons. The average molecular weight is 242 g/mol. The maximum Gasteiger partial charge on any atom is 1.00 e. The Morgan fingerprint density at radius 2 is 1.71 bits per heavy atom. The maximum absolute atomic E-state index is 10.3. The molecule has 0 aliphatic heterocycles. The Hall–Kier alpha value is 1.85. The third-order valence-electron chi connectivity index (χ3n) is 1.77. The molecule has 0 heterocycles. The van der Waals surface area contributed by atoms with Crippen LogP contribution in [0.5, 0.6) is 0 Å². The van der Waals surface area contributed by atoms with Gasteiger partial charge in [0.25, 0.3) is 0 Å². The molecule has 1 unspecified atom stereocenters. The van der Waals surface area contributed by atoms with E-state index in [1.54, 1.807) is 0 Å². The van der Waals surface area contributed by atoms with E-state index in [9.17, 15) is 9.46 Å². The van der Waals surface area contributed by atoms with E-state index in [1.165, 1.54) is 19.3 Å². The van der Waals surface area contributed by atoms with E-state index in [2.05, 4.69) is 19.0 Å². The van der Waals surface area contributed by atoms with Crippen LogP contribution in [0.3, 0.4) is 0 Å².